The van der Waals surface area contributed by atoms with Crippen molar-refractivity contribution in [3.05, 3.63) is 64.2 Å². The van der Waals surface area contributed by atoms with E-state index in [1.165, 1.54) is 24.1 Å². The lowest BCUT2D eigenvalue weighted by Crippen LogP contribution is -2.38. The molecular weight excluding hydrogens is 460 g/mol. The number of likely N-dealkylation sites (tertiary alicyclic amines) is 1. The van der Waals surface area contributed by atoms with Gasteiger partial charge in [0.25, 0.3) is 11.7 Å². The molecule has 0 aliphatic carbocycles. The average molecular weight is 487 g/mol. The second kappa shape index (κ2) is 10.5. The van der Waals surface area contributed by atoms with Gasteiger partial charge in [0.1, 0.15) is 17.3 Å². The monoisotopic (exact) mass is 486 g/mol. The Morgan fingerprint density at radius 1 is 1.12 bits per heavy atom. The van der Waals surface area contributed by atoms with Crippen molar-refractivity contribution in [2.75, 3.05) is 46.5 Å². The highest BCUT2D eigenvalue weighted by molar-refractivity contribution is 6.46. The van der Waals surface area contributed by atoms with Gasteiger partial charge in [-0.25, -0.2) is 0 Å². The Morgan fingerprint density at radius 2 is 1.82 bits per heavy atom. The summed E-state index contributed by atoms with van der Waals surface area (Å²) in [5.41, 5.74) is 0.620. The third kappa shape index (κ3) is 4.89. The number of rotatable bonds is 7. The van der Waals surface area contributed by atoms with Crippen LogP contribution in [0.4, 0.5) is 0 Å². The topological polar surface area (TPSA) is 99.5 Å². The maximum atomic E-state index is 13.1. The third-order valence-corrected chi connectivity index (χ3v) is 6.41. The van der Waals surface area contributed by atoms with E-state index in [0.29, 0.717) is 42.5 Å². The van der Waals surface area contributed by atoms with Crippen LogP contribution >= 0.6 is 11.6 Å². The Balaban J connectivity index is 1.69. The van der Waals surface area contributed by atoms with Crippen LogP contribution in [-0.2, 0) is 14.3 Å². The summed E-state index contributed by atoms with van der Waals surface area (Å²) >= 11 is 6.06. The summed E-state index contributed by atoms with van der Waals surface area (Å²) in [5, 5.41) is 22.1. The second-order valence-electron chi connectivity index (χ2n) is 8.23. The Morgan fingerprint density at radius 3 is 2.47 bits per heavy atom. The number of phenols is 1. The molecule has 0 spiro atoms. The predicted molar refractivity (Wildman–Crippen MR) is 127 cm³/mol. The first kappa shape index (κ1) is 24.1. The van der Waals surface area contributed by atoms with Gasteiger partial charge >= 0.3 is 0 Å². The number of benzene rings is 2. The summed E-state index contributed by atoms with van der Waals surface area (Å²) in [6, 6.07) is 10.4. The fraction of sp³-hybridized carbons (Fsp3) is 0.360. The molecule has 2 N–H and O–H groups in total. The molecule has 0 saturated carbocycles. The van der Waals surface area contributed by atoms with E-state index in [1.54, 1.807) is 30.3 Å². The van der Waals surface area contributed by atoms with E-state index in [4.69, 9.17) is 21.1 Å². The van der Waals surface area contributed by atoms with Crippen molar-refractivity contribution in [1.82, 2.24) is 9.80 Å². The van der Waals surface area contributed by atoms with Gasteiger partial charge in [-0.1, -0.05) is 23.7 Å². The fourth-order valence-corrected chi connectivity index (χ4v) is 4.50. The quantitative estimate of drug-likeness (QED) is 0.352. The zero-order valence-corrected chi connectivity index (χ0v) is 19.6. The minimum absolute atomic E-state index is 0.0473. The van der Waals surface area contributed by atoms with E-state index in [2.05, 4.69) is 4.90 Å². The third-order valence-electron chi connectivity index (χ3n) is 6.16. The van der Waals surface area contributed by atoms with Crippen LogP contribution in [0.15, 0.2) is 48.0 Å². The van der Waals surface area contributed by atoms with Crippen molar-refractivity contribution in [2.45, 2.75) is 12.5 Å². The molecule has 0 bridgehead atoms. The lowest BCUT2D eigenvalue weighted by atomic mass is 9.95. The lowest BCUT2D eigenvalue weighted by molar-refractivity contribution is -0.140. The lowest BCUT2D eigenvalue weighted by Gasteiger charge is -2.29. The number of methoxy groups -OCH3 is 1. The van der Waals surface area contributed by atoms with Gasteiger partial charge in [0.05, 0.1) is 37.5 Å². The molecule has 8 nitrogen and oxygen atoms in total. The Kier molecular flexibility index (Phi) is 7.41. The number of ketones is 1. The van der Waals surface area contributed by atoms with Crippen LogP contribution < -0.4 is 4.74 Å². The number of morpholine rings is 1. The van der Waals surface area contributed by atoms with Gasteiger partial charge in [0, 0.05) is 37.3 Å². The largest absolute Gasteiger partial charge is 0.507 e. The molecule has 34 heavy (non-hydrogen) atoms. The molecule has 1 atom stereocenters. The molecular formula is C25H27ClN2O6. The number of aliphatic hydroxyl groups excluding tert-OH is 1. The Labute approximate surface area is 202 Å². The zero-order valence-electron chi connectivity index (χ0n) is 18.9. The summed E-state index contributed by atoms with van der Waals surface area (Å²) in [6.45, 7) is 4.12. The number of nitrogens with zero attached hydrogens (tertiary/aromatic N) is 2. The van der Waals surface area contributed by atoms with Crippen molar-refractivity contribution in [3.8, 4) is 11.5 Å². The number of aromatic hydroxyl groups is 1. The molecule has 4 rings (SSSR count). The minimum atomic E-state index is -0.802. The molecule has 2 aliphatic heterocycles. The maximum absolute atomic E-state index is 13.1. The molecule has 1 amide bonds. The van der Waals surface area contributed by atoms with Crippen LogP contribution in [0, 0.1) is 0 Å². The first-order valence-electron chi connectivity index (χ1n) is 11.1. The van der Waals surface area contributed by atoms with Crippen LogP contribution in [0.2, 0.25) is 5.02 Å². The summed E-state index contributed by atoms with van der Waals surface area (Å²) in [4.78, 5) is 29.9. The fourth-order valence-electron chi connectivity index (χ4n) is 4.38. The standard InChI is InChI=1S/C25H27ClN2O6/c1-33-18-7-8-19(20(29)15-18)23(30)21-22(16-3-5-17(26)6-4-16)28(25(32)24(21)31)10-2-9-27-11-13-34-14-12-27/h3-8,15,22,29-30H,2,9-14H2,1H3. The first-order chi connectivity index (χ1) is 16.4. The van der Waals surface area contributed by atoms with Crippen molar-refractivity contribution in [1.29, 1.82) is 0 Å². The van der Waals surface area contributed by atoms with Gasteiger partial charge < -0.3 is 24.6 Å². The van der Waals surface area contributed by atoms with E-state index in [-0.39, 0.29) is 16.9 Å². The molecule has 1 unspecified atom stereocenters. The number of aliphatic hydroxyl groups is 1. The van der Waals surface area contributed by atoms with Gasteiger partial charge in [-0.2, -0.15) is 0 Å². The van der Waals surface area contributed by atoms with Crippen LogP contribution in [-0.4, -0.2) is 78.2 Å². The van der Waals surface area contributed by atoms with E-state index in [1.807, 2.05) is 0 Å². The normalized spacial score (nSPS) is 20.6. The van der Waals surface area contributed by atoms with Crippen molar-refractivity contribution >= 4 is 29.1 Å². The molecule has 9 heteroatoms. The van der Waals surface area contributed by atoms with Crippen molar-refractivity contribution < 1.29 is 29.3 Å². The molecule has 180 valence electrons. The number of halogens is 1. The molecule has 2 aromatic carbocycles. The number of hydrogen-bond donors (Lipinski definition) is 2. The second-order valence-corrected chi connectivity index (χ2v) is 8.67. The number of carbonyl (C=O) groups excluding carboxylic acids is 2. The Bertz CT molecular complexity index is 1100. The van der Waals surface area contributed by atoms with Crippen LogP contribution in [0.5, 0.6) is 11.5 Å². The van der Waals surface area contributed by atoms with Gasteiger partial charge in [-0.3, -0.25) is 14.5 Å². The van der Waals surface area contributed by atoms with Gasteiger partial charge in [-0.05, 0) is 36.2 Å². The minimum Gasteiger partial charge on any atom is -0.507 e. The van der Waals surface area contributed by atoms with Crippen LogP contribution in [0.3, 0.4) is 0 Å². The summed E-state index contributed by atoms with van der Waals surface area (Å²) in [6.07, 6.45) is 0.658. The molecule has 2 aliphatic rings. The highest BCUT2D eigenvalue weighted by Gasteiger charge is 2.46. The van der Waals surface area contributed by atoms with Crippen LogP contribution in [0.1, 0.15) is 23.6 Å². The molecule has 2 aromatic rings. The molecule has 2 heterocycles. The number of amides is 1. The smallest absolute Gasteiger partial charge is 0.295 e. The number of hydrogen-bond acceptors (Lipinski definition) is 7. The number of ether oxygens (including phenoxy) is 2. The molecule has 2 fully saturated rings. The number of phenolic OH excluding ortho intramolecular Hbond substituents is 1. The SMILES string of the molecule is COc1ccc(C(O)=C2C(=O)C(=O)N(CCCN3CCOCC3)C2c2ccc(Cl)cc2)c(O)c1. The van der Waals surface area contributed by atoms with Crippen molar-refractivity contribution in [3.63, 3.8) is 0 Å². The number of carbonyl (C=O) groups is 2. The van der Waals surface area contributed by atoms with E-state index < -0.39 is 23.5 Å². The maximum Gasteiger partial charge on any atom is 0.295 e. The zero-order chi connectivity index (χ0) is 24.2. The van der Waals surface area contributed by atoms with Gasteiger partial charge in [-0.15, -0.1) is 0 Å². The summed E-state index contributed by atoms with van der Waals surface area (Å²) in [5.74, 6) is -1.78. The van der Waals surface area contributed by atoms with E-state index >= 15 is 0 Å². The average Bonchev–Trinajstić information content (AvgIpc) is 3.09. The summed E-state index contributed by atoms with van der Waals surface area (Å²) in [7, 11) is 1.46. The van der Waals surface area contributed by atoms with Gasteiger partial charge in [0.15, 0.2) is 0 Å². The predicted octanol–water partition coefficient (Wildman–Crippen LogP) is 3.20. The van der Waals surface area contributed by atoms with Crippen molar-refractivity contribution in [2.24, 2.45) is 0 Å². The summed E-state index contributed by atoms with van der Waals surface area (Å²) < 4.78 is 10.5. The van der Waals surface area contributed by atoms with Crippen LogP contribution in [0.25, 0.3) is 5.76 Å². The molecule has 2 saturated heterocycles. The van der Waals surface area contributed by atoms with Gasteiger partial charge in [0.2, 0.25) is 0 Å². The Hall–Kier alpha value is -3.07. The highest BCUT2D eigenvalue weighted by Crippen LogP contribution is 2.41. The first-order valence-corrected chi connectivity index (χ1v) is 11.5. The van der Waals surface area contributed by atoms with E-state index in [9.17, 15) is 19.8 Å². The number of Topliss-reactive ketones (excluding diaryl/α,β-unsaturated/α-hetero) is 1. The highest BCUT2D eigenvalue weighted by atomic mass is 35.5. The molecule has 0 aromatic heterocycles. The molecule has 0 radical (unpaired) electrons. The van der Waals surface area contributed by atoms with E-state index in [0.717, 1.165) is 19.6 Å².